The van der Waals surface area contributed by atoms with Crippen LogP contribution in [0, 0.1) is 11.3 Å². The summed E-state index contributed by atoms with van der Waals surface area (Å²) >= 11 is 4.86. The Labute approximate surface area is 75.0 Å². The largest absolute Gasteiger partial charge is 0.277 e. The minimum Gasteiger partial charge on any atom is -0.277 e. The van der Waals surface area contributed by atoms with Crippen molar-refractivity contribution < 1.29 is 4.39 Å². The van der Waals surface area contributed by atoms with Gasteiger partial charge in [-0.2, -0.15) is 5.26 Å². The molecule has 0 amide bonds. The average Bonchev–Trinajstić information content (AvgIpc) is 2.15. The van der Waals surface area contributed by atoms with E-state index in [0.717, 1.165) is 5.56 Å². The molecule has 0 bridgehead atoms. The molecule has 0 heterocycles. The summed E-state index contributed by atoms with van der Waals surface area (Å²) in [6.45, 7) is 0. The van der Waals surface area contributed by atoms with E-state index in [0.29, 0.717) is 5.56 Å². The number of hydrogen-bond acceptors (Lipinski definition) is 3. The Morgan fingerprint density at radius 1 is 1.42 bits per heavy atom. The third-order valence-electron chi connectivity index (χ3n) is 1.28. The highest BCUT2D eigenvalue weighted by molar-refractivity contribution is 6.07. The van der Waals surface area contributed by atoms with Crippen molar-refractivity contribution in [1.29, 1.82) is 5.26 Å². The maximum atomic E-state index is 8.48. The van der Waals surface area contributed by atoms with Gasteiger partial charge in [-0.1, -0.05) is 17.3 Å². The van der Waals surface area contributed by atoms with Gasteiger partial charge < -0.3 is 0 Å². The molecule has 1 rings (SSSR count). The van der Waals surface area contributed by atoms with Crippen LogP contribution in [-0.4, -0.2) is 6.21 Å². The van der Waals surface area contributed by atoms with Crippen molar-refractivity contribution in [2.24, 2.45) is 5.16 Å². The minimum absolute atomic E-state index is 0.610. The molecule has 0 aromatic heterocycles. The quantitative estimate of drug-likeness (QED) is 0.517. The Balaban J connectivity index is 2.80. The summed E-state index contributed by atoms with van der Waals surface area (Å²) in [5, 5.41) is 11.8. The molecule has 0 spiro atoms. The van der Waals surface area contributed by atoms with Crippen molar-refractivity contribution in [1.82, 2.24) is 0 Å². The summed E-state index contributed by atoms with van der Waals surface area (Å²) < 4.78 is 3.98. The van der Waals surface area contributed by atoms with Gasteiger partial charge in [0.2, 0.25) is 0 Å². The van der Waals surface area contributed by atoms with Gasteiger partial charge >= 0.3 is 0 Å². The number of halogens is 1. The fourth-order valence-electron chi connectivity index (χ4n) is 0.725. The molecule has 0 aliphatic carbocycles. The molecule has 0 fully saturated rings. The van der Waals surface area contributed by atoms with Gasteiger partial charge in [0.15, 0.2) is 11.9 Å². The molecular formula is C8H5ClN2O. The maximum absolute atomic E-state index is 8.48. The van der Waals surface area contributed by atoms with Gasteiger partial charge in [0.05, 0.1) is 17.8 Å². The van der Waals surface area contributed by atoms with Crippen molar-refractivity contribution in [2.75, 3.05) is 0 Å². The molecule has 0 aliphatic rings. The first-order chi connectivity index (χ1) is 5.86. The highest BCUT2D eigenvalue weighted by Crippen LogP contribution is 2.00. The second-order valence-corrected chi connectivity index (χ2v) is 2.18. The number of rotatable bonds is 2. The van der Waals surface area contributed by atoms with Crippen LogP contribution in [0.2, 0.25) is 0 Å². The van der Waals surface area contributed by atoms with E-state index in [1.54, 1.807) is 24.3 Å². The van der Waals surface area contributed by atoms with Crippen molar-refractivity contribution in [3.63, 3.8) is 0 Å². The van der Waals surface area contributed by atoms with E-state index in [2.05, 4.69) is 9.55 Å². The lowest BCUT2D eigenvalue weighted by molar-refractivity contribution is 0.383. The summed E-state index contributed by atoms with van der Waals surface area (Å²) in [5.74, 6) is 0. The van der Waals surface area contributed by atoms with Gasteiger partial charge in [-0.3, -0.25) is 4.39 Å². The van der Waals surface area contributed by atoms with Crippen LogP contribution in [0.4, 0.5) is 0 Å². The zero-order valence-corrected chi connectivity index (χ0v) is 6.82. The van der Waals surface area contributed by atoms with Gasteiger partial charge in [-0.25, -0.2) is 0 Å². The van der Waals surface area contributed by atoms with Crippen molar-refractivity contribution >= 4 is 18.1 Å². The highest BCUT2D eigenvalue weighted by atomic mass is 35.5. The van der Waals surface area contributed by atoms with Gasteiger partial charge in [-0.05, 0) is 17.7 Å². The molecule has 60 valence electrons. The Morgan fingerprint density at radius 3 is 2.58 bits per heavy atom. The molecule has 0 saturated heterocycles. The smallest absolute Gasteiger partial charge is 0.167 e. The van der Waals surface area contributed by atoms with E-state index >= 15 is 0 Å². The van der Waals surface area contributed by atoms with Crippen molar-refractivity contribution in [3.8, 4) is 6.07 Å². The van der Waals surface area contributed by atoms with Gasteiger partial charge in [0.1, 0.15) is 0 Å². The number of oxime groups is 1. The second kappa shape index (κ2) is 4.37. The highest BCUT2D eigenvalue weighted by Gasteiger charge is 1.89. The van der Waals surface area contributed by atoms with Crippen LogP contribution in [0.5, 0.6) is 0 Å². The summed E-state index contributed by atoms with van der Waals surface area (Å²) in [5.41, 5.74) is 1.44. The molecule has 0 atom stereocenters. The fraction of sp³-hybridized carbons (Fsp3) is 0. The fourth-order valence-corrected chi connectivity index (χ4v) is 0.764. The van der Waals surface area contributed by atoms with Crippen LogP contribution < -0.4 is 0 Å². The molecule has 0 aliphatic heterocycles. The number of nitrogens with zero attached hydrogens (tertiary/aromatic N) is 2. The van der Waals surface area contributed by atoms with Gasteiger partial charge in [0.25, 0.3) is 0 Å². The molecule has 4 heteroatoms. The first-order valence-electron chi connectivity index (χ1n) is 3.18. The third-order valence-corrected chi connectivity index (χ3v) is 1.36. The standard InChI is InChI=1S/C8H5ClN2O/c9-12-11-6-8-3-1-7(5-10)2-4-8/h1-4,6H/b11-6+. The lowest BCUT2D eigenvalue weighted by atomic mass is 10.2. The number of hydrogen-bond donors (Lipinski definition) is 0. The predicted octanol–water partition coefficient (Wildman–Crippen LogP) is 2.06. The Hall–Kier alpha value is -1.53. The van der Waals surface area contributed by atoms with E-state index in [4.69, 9.17) is 17.1 Å². The molecular weight excluding hydrogens is 176 g/mol. The Morgan fingerprint density at radius 2 is 2.08 bits per heavy atom. The van der Waals surface area contributed by atoms with Crippen LogP contribution in [0.3, 0.4) is 0 Å². The number of benzene rings is 1. The monoisotopic (exact) mass is 180 g/mol. The first-order valence-corrected chi connectivity index (χ1v) is 3.49. The zero-order valence-electron chi connectivity index (χ0n) is 6.07. The molecule has 0 unspecified atom stereocenters. The van der Waals surface area contributed by atoms with Gasteiger partial charge in [0, 0.05) is 0 Å². The van der Waals surface area contributed by atoms with Crippen LogP contribution in [0.1, 0.15) is 11.1 Å². The molecule has 3 nitrogen and oxygen atoms in total. The zero-order chi connectivity index (χ0) is 8.81. The van der Waals surface area contributed by atoms with Crippen molar-refractivity contribution in [2.45, 2.75) is 0 Å². The molecule has 12 heavy (non-hydrogen) atoms. The molecule has 0 saturated carbocycles. The molecule has 0 radical (unpaired) electrons. The lowest BCUT2D eigenvalue weighted by Crippen LogP contribution is -1.80. The predicted molar refractivity (Wildman–Crippen MR) is 45.7 cm³/mol. The molecule has 1 aromatic carbocycles. The Bertz CT molecular complexity index is 313. The summed E-state index contributed by atoms with van der Waals surface area (Å²) in [6, 6.07) is 8.88. The van der Waals surface area contributed by atoms with Crippen LogP contribution in [0.25, 0.3) is 0 Å². The van der Waals surface area contributed by atoms with Gasteiger partial charge in [-0.15, -0.1) is 0 Å². The minimum atomic E-state index is 0.610. The SMILES string of the molecule is N#Cc1ccc(/C=N/OCl)cc1. The second-order valence-electron chi connectivity index (χ2n) is 2.04. The van der Waals surface area contributed by atoms with E-state index in [1.807, 2.05) is 6.07 Å². The van der Waals surface area contributed by atoms with E-state index in [9.17, 15) is 0 Å². The topological polar surface area (TPSA) is 45.4 Å². The van der Waals surface area contributed by atoms with Crippen LogP contribution >= 0.6 is 11.9 Å². The van der Waals surface area contributed by atoms with Crippen LogP contribution in [-0.2, 0) is 4.39 Å². The maximum Gasteiger partial charge on any atom is 0.167 e. The molecule has 0 N–H and O–H groups in total. The van der Waals surface area contributed by atoms with Crippen LogP contribution in [0.15, 0.2) is 29.4 Å². The Kier molecular flexibility index (Phi) is 3.12. The summed E-state index contributed by atoms with van der Waals surface area (Å²) in [6.07, 6.45) is 1.45. The number of nitriles is 1. The van der Waals surface area contributed by atoms with E-state index in [-0.39, 0.29) is 0 Å². The normalized spacial score (nSPS) is 9.67. The first kappa shape index (κ1) is 8.57. The summed E-state index contributed by atoms with van der Waals surface area (Å²) in [4.78, 5) is 0. The summed E-state index contributed by atoms with van der Waals surface area (Å²) in [7, 11) is 0. The van der Waals surface area contributed by atoms with Crippen molar-refractivity contribution in [3.05, 3.63) is 35.4 Å². The van der Waals surface area contributed by atoms with E-state index < -0.39 is 0 Å². The molecule has 1 aromatic rings. The average molecular weight is 181 g/mol. The third kappa shape index (κ3) is 2.26. The lowest BCUT2D eigenvalue weighted by Gasteiger charge is -1.90. The van der Waals surface area contributed by atoms with E-state index in [1.165, 1.54) is 6.21 Å².